The fraction of sp³-hybridized carbons (Fsp3) is 0.357. The number of ketones is 1. The van der Waals surface area contributed by atoms with Gasteiger partial charge in [0.1, 0.15) is 17.4 Å². The highest BCUT2D eigenvalue weighted by Gasteiger charge is 2.34. The van der Waals surface area contributed by atoms with Gasteiger partial charge in [0, 0.05) is 49.4 Å². The maximum absolute atomic E-state index is 14.5. The summed E-state index contributed by atoms with van der Waals surface area (Å²) in [6.45, 7) is 8.17. The maximum atomic E-state index is 14.5. The highest BCUT2D eigenvalue weighted by Crippen LogP contribution is 2.36. The summed E-state index contributed by atoms with van der Waals surface area (Å²) < 4.78 is 14.5. The highest BCUT2D eigenvalue weighted by atomic mass is 19.1. The summed E-state index contributed by atoms with van der Waals surface area (Å²) in [6, 6.07) is 10.3. The summed E-state index contributed by atoms with van der Waals surface area (Å²) in [7, 11) is 0. The molecule has 1 atom stereocenters. The molecule has 8 heteroatoms. The van der Waals surface area contributed by atoms with Crippen LogP contribution < -0.4 is 10.6 Å². The summed E-state index contributed by atoms with van der Waals surface area (Å²) in [4.78, 5) is 20.1. The van der Waals surface area contributed by atoms with Crippen molar-refractivity contribution in [3.05, 3.63) is 70.7 Å². The molecule has 36 heavy (non-hydrogen) atoms. The number of aliphatic hydroxyl groups excluding tert-OH is 1. The van der Waals surface area contributed by atoms with Crippen LogP contribution in [0.1, 0.15) is 47.3 Å². The summed E-state index contributed by atoms with van der Waals surface area (Å²) in [5.41, 5.74) is 3.90. The van der Waals surface area contributed by atoms with Crippen LogP contribution in [0, 0.1) is 18.2 Å². The second-order valence-electron chi connectivity index (χ2n) is 10.5. The average Bonchev–Trinajstić information content (AvgIpc) is 2.95. The number of nitrogens with zero attached hydrogens (tertiary/aromatic N) is 2. The van der Waals surface area contributed by atoms with Crippen molar-refractivity contribution in [2.75, 3.05) is 23.7 Å². The molecule has 0 bridgehead atoms. The van der Waals surface area contributed by atoms with Gasteiger partial charge in [0.25, 0.3) is 0 Å². The number of aryl methyl sites for hydroxylation is 1. The van der Waals surface area contributed by atoms with Gasteiger partial charge >= 0.3 is 0 Å². The number of carbonyl (C=O) groups is 1. The number of hydrogen-bond donors (Lipinski definition) is 4. The summed E-state index contributed by atoms with van der Waals surface area (Å²) >= 11 is 0. The van der Waals surface area contributed by atoms with Crippen LogP contribution in [-0.4, -0.2) is 45.1 Å². The second kappa shape index (κ2) is 9.19. The van der Waals surface area contributed by atoms with Crippen LogP contribution in [0.15, 0.2) is 42.6 Å². The van der Waals surface area contributed by atoms with Gasteiger partial charge in [-0.1, -0.05) is 26.0 Å². The smallest absolute Gasteiger partial charge is 0.173 e. The van der Waals surface area contributed by atoms with Gasteiger partial charge in [0.05, 0.1) is 23.0 Å². The van der Waals surface area contributed by atoms with Crippen LogP contribution in [0.2, 0.25) is 0 Å². The minimum atomic E-state index is -0.522. The van der Waals surface area contributed by atoms with E-state index in [1.165, 1.54) is 12.1 Å². The normalized spacial score (nSPS) is 19.1. The van der Waals surface area contributed by atoms with Crippen LogP contribution >= 0.6 is 0 Å². The van der Waals surface area contributed by atoms with Gasteiger partial charge in [-0.15, -0.1) is 0 Å². The molecule has 0 radical (unpaired) electrons. The van der Waals surface area contributed by atoms with Gasteiger partial charge in [-0.05, 0) is 48.2 Å². The van der Waals surface area contributed by atoms with Crippen molar-refractivity contribution in [3.63, 3.8) is 0 Å². The fourth-order valence-electron chi connectivity index (χ4n) is 5.10. The molecule has 4 N–H and O–H groups in total. The number of aliphatic hydroxyl groups is 1. The molecular weight excluding hydrogens is 459 g/mol. The Morgan fingerprint density at radius 2 is 2.03 bits per heavy atom. The van der Waals surface area contributed by atoms with E-state index in [4.69, 9.17) is 0 Å². The number of benzene rings is 2. The van der Waals surface area contributed by atoms with Crippen molar-refractivity contribution < 1.29 is 19.4 Å². The van der Waals surface area contributed by atoms with E-state index < -0.39 is 5.82 Å². The van der Waals surface area contributed by atoms with Crippen molar-refractivity contribution in [2.24, 2.45) is 5.41 Å². The molecule has 0 saturated carbocycles. The Morgan fingerprint density at radius 1 is 1.22 bits per heavy atom. The molecule has 7 nitrogen and oxygen atoms in total. The van der Waals surface area contributed by atoms with Gasteiger partial charge in [0.15, 0.2) is 5.78 Å². The van der Waals surface area contributed by atoms with E-state index in [0.29, 0.717) is 22.6 Å². The molecule has 0 amide bonds. The number of piperidine rings is 1. The number of phenols is 1. The Labute approximate surface area is 210 Å². The zero-order valence-corrected chi connectivity index (χ0v) is 20.7. The van der Waals surface area contributed by atoms with Crippen molar-refractivity contribution in [3.8, 4) is 5.75 Å². The van der Waals surface area contributed by atoms with Gasteiger partial charge in [-0.3, -0.25) is 9.69 Å². The number of Topliss-reactive ketones (excluding diaryl/α,β-unsaturated/α-hetero) is 1. The summed E-state index contributed by atoms with van der Waals surface area (Å²) in [5.74, 6) is -0.288. The topological polar surface area (TPSA) is 97.7 Å². The van der Waals surface area contributed by atoms with E-state index in [1.807, 2.05) is 12.1 Å². The number of nitrogens with one attached hydrogen (secondary N) is 2. The number of aromatic nitrogens is 1. The Morgan fingerprint density at radius 3 is 2.81 bits per heavy atom. The number of rotatable bonds is 4. The first-order valence-electron chi connectivity index (χ1n) is 12.2. The number of fused-ring (bicyclic) bond motifs is 2. The van der Waals surface area contributed by atoms with Crippen molar-refractivity contribution in [1.82, 2.24) is 9.88 Å². The summed E-state index contributed by atoms with van der Waals surface area (Å²) in [5, 5.41) is 26.5. The van der Waals surface area contributed by atoms with Gasteiger partial charge in [0.2, 0.25) is 0 Å². The fourth-order valence-corrected chi connectivity index (χ4v) is 5.10. The van der Waals surface area contributed by atoms with Crippen molar-refractivity contribution >= 4 is 28.7 Å². The van der Waals surface area contributed by atoms with Gasteiger partial charge in [-0.2, -0.15) is 0 Å². The van der Waals surface area contributed by atoms with E-state index in [-0.39, 0.29) is 35.2 Å². The van der Waals surface area contributed by atoms with Crippen molar-refractivity contribution in [2.45, 2.75) is 46.3 Å². The first-order valence-corrected chi connectivity index (χ1v) is 12.2. The van der Waals surface area contributed by atoms with Gasteiger partial charge < -0.3 is 20.8 Å². The van der Waals surface area contributed by atoms with Crippen LogP contribution in [0.3, 0.4) is 0 Å². The molecule has 2 aromatic carbocycles. The molecule has 1 saturated heterocycles. The van der Waals surface area contributed by atoms with Gasteiger partial charge in [-0.25, -0.2) is 9.37 Å². The number of aromatic hydroxyl groups is 1. The zero-order valence-electron chi connectivity index (χ0n) is 20.7. The molecule has 1 unspecified atom stereocenters. The molecule has 3 aromatic rings. The average molecular weight is 491 g/mol. The maximum Gasteiger partial charge on any atom is 0.173 e. The third-order valence-electron chi connectivity index (χ3n) is 7.22. The minimum absolute atomic E-state index is 0.0324. The van der Waals surface area contributed by atoms with Crippen LogP contribution in [0.25, 0.3) is 0 Å². The van der Waals surface area contributed by atoms with Crippen LogP contribution in [-0.2, 0) is 13.0 Å². The number of halogens is 1. The lowest BCUT2D eigenvalue weighted by Gasteiger charge is -2.41. The third kappa shape index (κ3) is 4.66. The summed E-state index contributed by atoms with van der Waals surface area (Å²) in [6.07, 6.45) is 2.18. The lowest BCUT2D eigenvalue weighted by molar-refractivity contribution is -0.0270. The number of hydrogen-bond acceptors (Lipinski definition) is 7. The minimum Gasteiger partial charge on any atom is -0.508 e. The Hall–Kier alpha value is -3.49. The molecule has 1 fully saturated rings. The number of carbonyl (C=O) groups excluding carboxylic acids is 1. The number of pyridine rings is 1. The SMILES string of the molecule is Cc1cc(F)c(Nc2ccnc3c2C(=O)Cc2cc(CN4CCC(O)C(C)(C)C4)ccc2N3)cc1O. The van der Waals surface area contributed by atoms with Crippen molar-refractivity contribution in [1.29, 1.82) is 0 Å². The first kappa shape index (κ1) is 24.2. The van der Waals surface area contributed by atoms with E-state index in [2.05, 4.69) is 40.4 Å². The Kier molecular flexibility index (Phi) is 6.18. The number of anilines is 4. The molecule has 188 valence electrons. The molecule has 0 aliphatic carbocycles. The quantitative estimate of drug-likeness (QED) is 0.406. The first-order chi connectivity index (χ1) is 17.1. The standard InChI is InChI=1S/C28H31FN4O3/c1-16-10-19(29)22(13-23(16)34)31-21-6-8-30-27-26(21)24(35)12-18-11-17(4-5-20(18)32-27)14-33-9-7-25(36)28(2,3)15-33/h4-6,8,10-11,13,25,34,36H,7,9,12,14-15H2,1-3H3,(H2,30,31,32). The Bertz CT molecular complexity index is 1340. The van der Waals surface area contributed by atoms with E-state index in [1.54, 1.807) is 19.2 Å². The molecule has 2 aliphatic heterocycles. The number of phenolic OH excluding ortho intramolecular Hbond substituents is 1. The molecule has 3 heterocycles. The predicted octanol–water partition coefficient (Wildman–Crippen LogP) is 5.05. The number of likely N-dealkylation sites (tertiary alicyclic amines) is 1. The molecule has 1 aromatic heterocycles. The van der Waals surface area contributed by atoms with Crippen LogP contribution in [0.5, 0.6) is 5.75 Å². The molecule has 5 rings (SSSR count). The highest BCUT2D eigenvalue weighted by molar-refractivity contribution is 6.09. The van der Waals surface area contributed by atoms with Crippen LogP contribution in [0.4, 0.5) is 27.3 Å². The predicted molar refractivity (Wildman–Crippen MR) is 138 cm³/mol. The lowest BCUT2D eigenvalue weighted by atomic mass is 9.81. The third-order valence-corrected chi connectivity index (χ3v) is 7.22. The Balaban J connectivity index is 1.40. The lowest BCUT2D eigenvalue weighted by Crippen LogP contribution is -2.48. The second-order valence-corrected chi connectivity index (χ2v) is 10.5. The largest absolute Gasteiger partial charge is 0.508 e. The molecule has 0 spiro atoms. The molecule has 2 aliphatic rings. The van der Waals surface area contributed by atoms with E-state index in [0.717, 1.165) is 42.9 Å². The monoisotopic (exact) mass is 490 g/mol. The zero-order chi connectivity index (χ0) is 25.6. The van der Waals surface area contributed by atoms with E-state index >= 15 is 0 Å². The van der Waals surface area contributed by atoms with E-state index in [9.17, 15) is 19.4 Å². The molecular formula is C28H31FN4O3.